The van der Waals surface area contributed by atoms with Gasteiger partial charge in [-0.1, -0.05) is 0 Å². The fourth-order valence-corrected chi connectivity index (χ4v) is 4.28. The third kappa shape index (κ3) is 4.90. The molecule has 0 aliphatic carbocycles. The van der Waals surface area contributed by atoms with Crippen LogP contribution in [0.2, 0.25) is 0 Å². The summed E-state index contributed by atoms with van der Waals surface area (Å²) in [5.74, 6) is -0.380. The number of carboxylic acid groups (broad SMARTS) is 1. The number of carboxylic acids is 1. The maximum absolute atomic E-state index is 12.6. The molecule has 0 aromatic rings. The lowest BCUT2D eigenvalue weighted by Crippen LogP contribution is -2.44. The maximum Gasteiger partial charge on any atom is 0.317 e. The Balaban J connectivity index is 1.51. The number of nitrogens with zero attached hydrogens (tertiary/aromatic N) is 3. The zero-order valence-electron chi connectivity index (χ0n) is 15.6. The van der Waals surface area contributed by atoms with Gasteiger partial charge in [0.05, 0.1) is 6.42 Å². The molecular formula is C18H28N4O5. The van der Waals surface area contributed by atoms with Crippen molar-refractivity contribution < 1.29 is 24.3 Å². The van der Waals surface area contributed by atoms with Crippen LogP contribution in [0.4, 0.5) is 4.79 Å². The largest absolute Gasteiger partial charge is 0.481 e. The molecule has 0 radical (unpaired) electrons. The second-order valence-electron chi connectivity index (χ2n) is 7.63. The van der Waals surface area contributed by atoms with Crippen LogP contribution >= 0.6 is 0 Å². The van der Waals surface area contributed by atoms with Gasteiger partial charge in [-0.2, -0.15) is 0 Å². The molecule has 3 fully saturated rings. The molecule has 9 heteroatoms. The zero-order chi connectivity index (χ0) is 19.4. The quantitative estimate of drug-likeness (QED) is 0.672. The normalized spacial score (nSPS) is 25.9. The fraction of sp³-hybridized carbons (Fsp3) is 0.778. The van der Waals surface area contributed by atoms with Gasteiger partial charge in [0.25, 0.3) is 0 Å². The lowest BCUT2D eigenvalue weighted by molar-refractivity contribution is -0.142. The predicted octanol–water partition coefficient (Wildman–Crippen LogP) is -0.0365. The maximum atomic E-state index is 12.6. The SMILES string of the molecule is O=C(O)CCC(=O)N1CC[C@H]2CC(=O)N(CCN3CCNC3=O)CC[C@H]2C1. The molecule has 0 spiro atoms. The summed E-state index contributed by atoms with van der Waals surface area (Å²) >= 11 is 0. The lowest BCUT2D eigenvalue weighted by Gasteiger charge is -2.37. The Bertz CT molecular complexity index is 611. The monoisotopic (exact) mass is 380 g/mol. The van der Waals surface area contributed by atoms with Crippen molar-refractivity contribution in [1.82, 2.24) is 20.0 Å². The summed E-state index contributed by atoms with van der Waals surface area (Å²) < 4.78 is 0. The highest BCUT2D eigenvalue weighted by Gasteiger charge is 2.36. The van der Waals surface area contributed by atoms with Gasteiger partial charge in [0.1, 0.15) is 0 Å². The van der Waals surface area contributed by atoms with Crippen LogP contribution in [0, 0.1) is 11.8 Å². The third-order valence-corrected chi connectivity index (χ3v) is 5.94. The highest BCUT2D eigenvalue weighted by molar-refractivity contribution is 5.81. The van der Waals surface area contributed by atoms with Gasteiger partial charge in [0.2, 0.25) is 11.8 Å². The van der Waals surface area contributed by atoms with Crippen molar-refractivity contribution in [1.29, 1.82) is 0 Å². The predicted molar refractivity (Wildman–Crippen MR) is 95.8 cm³/mol. The van der Waals surface area contributed by atoms with Crippen molar-refractivity contribution in [2.24, 2.45) is 11.8 Å². The van der Waals surface area contributed by atoms with E-state index in [1.54, 1.807) is 9.80 Å². The molecule has 2 atom stereocenters. The van der Waals surface area contributed by atoms with Crippen LogP contribution in [0.25, 0.3) is 0 Å². The fourth-order valence-electron chi connectivity index (χ4n) is 4.28. The van der Waals surface area contributed by atoms with Crippen molar-refractivity contribution in [2.75, 3.05) is 45.8 Å². The van der Waals surface area contributed by atoms with Crippen LogP contribution < -0.4 is 5.32 Å². The molecule has 3 aliphatic rings. The van der Waals surface area contributed by atoms with E-state index in [2.05, 4.69) is 5.32 Å². The summed E-state index contributed by atoms with van der Waals surface area (Å²) in [6.45, 7) is 4.29. The van der Waals surface area contributed by atoms with Crippen molar-refractivity contribution >= 4 is 23.8 Å². The van der Waals surface area contributed by atoms with Crippen molar-refractivity contribution in [3.8, 4) is 0 Å². The van der Waals surface area contributed by atoms with Crippen molar-refractivity contribution in [3.63, 3.8) is 0 Å². The molecule has 3 heterocycles. The minimum atomic E-state index is -0.958. The first-order chi connectivity index (χ1) is 12.9. The van der Waals surface area contributed by atoms with E-state index in [1.165, 1.54) is 0 Å². The highest BCUT2D eigenvalue weighted by atomic mass is 16.4. The van der Waals surface area contributed by atoms with Gasteiger partial charge in [-0.3, -0.25) is 14.4 Å². The Morgan fingerprint density at radius 3 is 2.44 bits per heavy atom. The summed E-state index contributed by atoms with van der Waals surface area (Å²) in [5.41, 5.74) is 0. The van der Waals surface area contributed by atoms with E-state index >= 15 is 0 Å². The van der Waals surface area contributed by atoms with E-state index in [-0.39, 0.29) is 42.5 Å². The first-order valence-electron chi connectivity index (χ1n) is 9.74. The van der Waals surface area contributed by atoms with Gasteiger partial charge >= 0.3 is 12.0 Å². The van der Waals surface area contributed by atoms with Gasteiger partial charge in [-0.05, 0) is 24.7 Å². The molecular weight excluding hydrogens is 352 g/mol. The van der Waals surface area contributed by atoms with Crippen LogP contribution in [0.1, 0.15) is 32.1 Å². The van der Waals surface area contributed by atoms with E-state index in [1.807, 2.05) is 4.90 Å². The van der Waals surface area contributed by atoms with Crippen molar-refractivity contribution in [3.05, 3.63) is 0 Å². The Morgan fingerprint density at radius 1 is 1.00 bits per heavy atom. The Kier molecular flexibility index (Phi) is 6.18. The average molecular weight is 380 g/mol. The molecule has 3 rings (SSSR count). The van der Waals surface area contributed by atoms with Crippen LogP contribution in [0.15, 0.2) is 0 Å². The van der Waals surface area contributed by atoms with E-state index in [4.69, 9.17) is 5.11 Å². The Labute approximate surface area is 158 Å². The molecule has 0 unspecified atom stereocenters. The molecule has 0 saturated carbocycles. The van der Waals surface area contributed by atoms with E-state index in [9.17, 15) is 19.2 Å². The number of hydrogen-bond donors (Lipinski definition) is 2. The number of carbonyl (C=O) groups is 4. The molecule has 0 aromatic carbocycles. The number of likely N-dealkylation sites (tertiary alicyclic amines) is 2. The Hall–Kier alpha value is -2.32. The van der Waals surface area contributed by atoms with E-state index in [0.29, 0.717) is 52.2 Å². The molecule has 3 saturated heterocycles. The number of carbonyl (C=O) groups excluding carboxylic acids is 3. The summed E-state index contributed by atoms with van der Waals surface area (Å²) in [6, 6.07) is -0.0681. The molecule has 3 aliphatic heterocycles. The molecule has 9 nitrogen and oxygen atoms in total. The minimum Gasteiger partial charge on any atom is -0.481 e. The van der Waals surface area contributed by atoms with E-state index < -0.39 is 5.97 Å². The third-order valence-electron chi connectivity index (χ3n) is 5.94. The smallest absolute Gasteiger partial charge is 0.317 e. The van der Waals surface area contributed by atoms with Gasteiger partial charge in [0, 0.05) is 58.7 Å². The van der Waals surface area contributed by atoms with Gasteiger partial charge in [-0.25, -0.2) is 4.79 Å². The number of nitrogens with one attached hydrogen (secondary N) is 1. The number of rotatable bonds is 6. The first-order valence-corrected chi connectivity index (χ1v) is 9.74. The van der Waals surface area contributed by atoms with Crippen LogP contribution in [0.5, 0.6) is 0 Å². The van der Waals surface area contributed by atoms with Crippen LogP contribution in [0.3, 0.4) is 0 Å². The number of amides is 4. The second kappa shape index (κ2) is 8.58. The number of urea groups is 1. The first kappa shape index (κ1) is 19.4. The van der Waals surface area contributed by atoms with E-state index in [0.717, 1.165) is 12.8 Å². The second-order valence-corrected chi connectivity index (χ2v) is 7.63. The highest BCUT2D eigenvalue weighted by Crippen LogP contribution is 2.32. The van der Waals surface area contributed by atoms with Crippen molar-refractivity contribution in [2.45, 2.75) is 32.1 Å². The molecule has 4 amide bonds. The lowest BCUT2D eigenvalue weighted by atomic mass is 9.82. The summed E-state index contributed by atoms with van der Waals surface area (Å²) in [4.78, 5) is 52.5. The average Bonchev–Trinajstić information content (AvgIpc) is 2.97. The molecule has 27 heavy (non-hydrogen) atoms. The van der Waals surface area contributed by atoms with Crippen LogP contribution in [-0.2, 0) is 14.4 Å². The number of hydrogen-bond acceptors (Lipinski definition) is 4. The van der Waals surface area contributed by atoms with Crippen LogP contribution in [-0.4, -0.2) is 89.4 Å². The van der Waals surface area contributed by atoms with Gasteiger partial charge in [-0.15, -0.1) is 0 Å². The Morgan fingerprint density at radius 2 is 1.74 bits per heavy atom. The molecule has 0 aromatic heterocycles. The molecule has 150 valence electrons. The minimum absolute atomic E-state index is 0.0374. The zero-order valence-corrected chi connectivity index (χ0v) is 15.6. The summed E-state index contributed by atoms with van der Waals surface area (Å²) in [7, 11) is 0. The number of fused-ring (bicyclic) bond motifs is 1. The standard InChI is InChI=1S/C18H28N4O5/c23-15(1-2-17(25)26)22-7-3-13-11-16(24)20(6-4-14(13)12-22)9-10-21-8-5-19-18(21)27/h13-14H,1-12H2,(H,19,27)(H,25,26)/t13-,14-/m0/s1. The summed E-state index contributed by atoms with van der Waals surface area (Å²) in [6.07, 6.45) is 2.02. The number of aliphatic carboxylic acids is 1. The van der Waals surface area contributed by atoms with Gasteiger partial charge < -0.3 is 25.1 Å². The topological polar surface area (TPSA) is 110 Å². The molecule has 0 bridgehead atoms. The number of piperidine rings is 1. The molecule has 2 N–H and O–H groups in total. The van der Waals surface area contributed by atoms with Gasteiger partial charge in [0.15, 0.2) is 0 Å². The summed E-state index contributed by atoms with van der Waals surface area (Å²) in [5, 5.41) is 11.5.